The summed E-state index contributed by atoms with van der Waals surface area (Å²) < 4.78 is 5.10. The predicted octanol–water partition coefficient (Wildman–Crippen LogP) is 2.07. The van der Waals surface area contributed by atoms with Crippen molar-refractivity contribution in [1.82, 2.24) is 4.90 Å². The third-order valence-electron chi connectivity index (χ3n) is 3.82. The molecule has 1 atom stereocenters. The Labute approximate surface area is 126 Å². The summed E-state index contributed by atoms with van der Waals surface area (Å²) in [6.45, 7) is 4.83. The molecule has 0 radical (unpaired) electrons. The zero-order valence-electron chi connectivity index (χ0n) is 12.1. The number of hydrogen-bond acceptors (Lipinski definition) is 3. The number of carbonyl (C=O) groups is 1. The third-order valence-corrected chi connectivity index (χ3v) is 3.82. The normalized spacial score (nSPS) is 21.6. The van der Waals surface area contributed by atoms with E-state index in [9.17, 15) is 4.79 Å². The number of nitrogens with zero attached hydrogens (tertiary/aromatic N) is 1. The fraction of sp³-hybridized carbons (Fsp3) is 0.533. The van der Waals surface area contributed by atoms with Gasteiger partial charge in [0.15, 0.2) is 0 Å². The number of carbonyl (C=O) groups excluding carboxylic acids is 1. The molecule has 1 unspecified atom stereocenters. The van der Waals surface area contributed by atoms with E-state index in [1.807, 2.05) is 29.2 Å². The highest BCUT2D eigenvalue weighted by atomic mass is 35.5. The second-order valence-corrected chi connectivity index (χ2v) is 5.62. The van der Waals surface area contributed by atoms with Crippen LogP contribution in [0.5, 0.6) is 0 Å². The molecule has 20 heavy (non-hydrogen) atoms. The van der Waals surface area contributed by atoms with Gasteiger partial charge in [0.05, 0.1) is 6.61 Å². The zero-order valence-corrected chi connectivity index (χ0v) is 12.9. The van der Waals surface area contributed by atoms with Gasteiger partial charge in [0.2, 0.25) is 0 Å². The van der Waals surface area contributed by atoms with Crippen molar-refractivity contribution in [3.8, 4) is 0 Å². The van der Waals surface area contributed by atoms with Crippen LogP contribution in [-0.2, 0) is 11.3 Å². The Morgan fingerprint density at radius 3 is 2.85 bits per heavy atom. The van der Waals surface area contributed by atoms with E-state index in [1.54, 1.807) is 7.11 Å². The van der Waals surface area contributed by atoms with Gasteiger partial charge in [-0.15, -0.1) is 12.4 Å². The molecular weight excluding hydrogens is 276 g/mol. The van der Waals surface area contributed by atoms with Gasteiger partial charge in [0, 0.05) is 25.8 Å². The summed E-state index contributed by atoms with van der Waals surface area (Å²) >= 11 is 0. The van der Waals surface area contributed by atoms with Crippen molar-refractivity contribution in [3.63, 3.8) is 0 Å². The monoisotopic (exact) mass is 298 g/mol. The molecule has 112 valence electrons. The molecule has 2 rings (SSSR count). The van der Waals surface area contributed by atoms with Gasteiger partial charge in [-0.25, -0.2) is 0 Å². The Morgan fingerprint density at radius 1 is 1.50 bits per heavy atom. The van der Waals surface area contributed by atoms with E-state index < -0.39 is 0 Å². The summed E-state index contributed by atoms with van der Waals surface area (Å²) in [5, 5.41) is 0. The van der Waals surface area contributed by atoms with Crippen molar-refractivity contribution in [2.75, 3.05) is 26.7 Å². The van der Waals surface area contributed by atoms with Crippen LogP contribution in [0.25, 0.3) is 0 Å². The van der Waals surface area contributed by atoms with Crippen molar-refractivity contribution in [1.29, 1.82) is 0 Å². The van der Waals surface area contributed by atoms with E-state index in [1.165, 1.54) is 0 Å². The van der Waals surface area contributed by atoms with E-state index in [2.05, 4.69) is 6.92 Å². The molecular formula is C15H23ClN2O2. The quantitative estimate of drug-likeness (QED) is 0.926. The van der Waals surface area contributed by atoms with Crippen LogP contribution in [-0.4, -0.2) is 37.6 Å². The van der Waals surface area contributed by atoms with Gasteiger partial charge in [-0.05, 0) is 36.1 Å². The molecule has 0 saturated carbocycles. The highest BCUT2D eigenvalue weighted by Crippen LogP contribution is 2.29. The molecule has 4 nitrogen and oxygen atoms in total. The van der Waals surface area contributed by atoms with Crippen LogP contribution < -0.4 is 5.73 Å². The van der Waals surface area contributed by atoms with Crippen molar-refractivity contribution < 1.29 is 9.53 Å². The fourth-order valence-electron chi connectivity index (χ4n) is 2.51. The Hall–Kier alpha value is -1.10. The lowest BCUT2D eigenvalue weighted by Crippen LogP contribution is -2.34. The number of ether oxygens (including phenoxy) is 1. The van der Waals surface area contributed by atoms with E-state index >= 15 is 0 Å². The molecule has 0 spiro atoms. The van der Waals surface area contributed by atoms with Gasteiger partial charge in [-0.3, -0.25) is 4.79 Å². The van der Waals surface area contributed by atoms with Crippen molar-refractivity contribution in [3.05, 3.63) is 35.4 Å². The maximum absolute atomic E-state index is 12.5. The Morgan fingerprint density at radius 2 is 2.25 bits per heavy atom. The van der Waals surface area contributed by atoms with Crippen LogP contribution in [0.15, 0.2) is 24.3 Å². The highest BCUT2D eigenvalue weighted by Gasteiger charge is 2.35. The first kappa shape index (κ1) is 17.0. The first-order valence-electron chi connectivity index (χ1n) is 6.65. The Kier molecular flexibility index (Phi) is 5.99. The highest BCUT2D eigenvalue weighted by molar-refractivity contribution is 5.94. The summed E-state index contributed by atoms with van der Waals surface area (Å²) in [4.78, 5) is 14.4. The molecule has 1 saturated heterocycles. The minimum atomic E-state index is 0. The number of benzene rings is 1. The van der Waals surface area contributed by atoms with Crippen molar-refractivity contribution >= 4 is 18.3 Å². The number of hydrogen-bond donors (Lipinski definition) is 1. The lowest BCUT2D eigenvalue weighted by Gasteiger charge is -2.22. The second kappa shape index (κ2) is 7.07. The average Bonchev–Trinajstić information content (AvgIpc) is 2.82. The van der Waals surface area contributed by atoms with Gasteiger partial charge in [0.1, 0.15) is 0 Å². The summed E-state index contributed by atoms with van der Waals surface area (Å²) in [5.41, 5.74) is 7.60. The smallest absolute Gasteiger partial charge is 0.253 e. The molecule has 1 amide bonds. The molecule has 2 N–H and O–H groups in total. The van der Waals surface area contributed by atoms with Crippen molar-refractivity contribution in [2.24, 2.45) is 11.1 Å². The van der Waals surface area contributed by atoms with E-state index in [0.717, 1.165) is 30.6 Å². The topological polar surface area (TPSA) is 55.6 Å². The predicted molar refractivity (Wildman–Crippen MR) is 82.1 cm³/mol. The zero-order chi connectivity index (χ0) is 13.9. The SMILES string of the molecule is COCc1cccc(C(=O)N2CCC(C)(CN)C2)c1.Cl. The number of amides is 1. The standard InChI is InChI=1S/C15H22N2O2.ClH/c1-15(10-16)6-7-17(11-15)14(18)13-5-3-4-12(8-13)9-19-2;/h3-5,8H,6-7,9-11,16H2,1-2H3;1H. The number of methoxy groups -OCH3 is 1. The van der Waals surface area contributed by atoms with Crippen LogP contribution in [0, 0.1) is 5.41 Å². The van der Waals surface area contributed by atoms with Crippen molar-refractivity contribution in [2.45, 2.75) is 20.0 Å². The molecule has 1 aliphatic heterocycles. The molecule has 5 heteroatoms. The minimum Gasteiger partial charge on any atom is -0.380 e. The summed E-state index contributed by atoms with van der Waals surface area (Å²) in [6.07, 6.45) is 0.979. The van der Waals surface area contributed by atoms with Gasteiger partial charge in [-0.2, -0.15) is 0 Å². The van der Waals surface area contributed by atoms with Crippen LogP contribution in [0.2, 0.25) is 0 Å². The molecule has 1 aromatic rings. The van der Waals surface area contributed by atoms with Crippen LogP contribution in [0.4, 0.5) is 0 Å². The van der Waals surface area contributed by atoms with Gasteiger partial charge in [-0.1, -0.05) is 19.1 Å². The third kappa shape index (κ3) is 3.72. The molecule has 1 aromatic carbocycles. The Bertz CT molecular complexity index is 467. The number of rotatable bonds is 4. The van der Waals surface area contributed by atoms with Gasteiger partial charge in [0.25, 0.3) is 5.91 Å². The molecule has 1 heterocycles. The first-order valence-corrected chi connectivity index (χ1v) is 6.65. The summed E-state index contributed by atoms with van der Waals surface area (Å²) in [6, 6.07) is 7.64. The molecule has 0 aliphatic carbocycles. The number of likely N-dealkylation sites (tertiary alicyclic amines) is 1. The lowest BCUT2D eigenvalue weighted by molar-refractivity contribution is 0.0776. The van der Waals surface area contributed by atoms with E-state index in [-0.39, 0.29) is 23.7 Å². The molecule has 0 bridgehead atoms. The Balaban J connectivity index is 0.00000200. The largest absolute Gasteiger partial charge is 0.380 e. The maximum atomic E-state index is 12.5. The van der Waals surface area contributed by atoms with Crippen LogP contribution >= 0.6 is 12.4 Å². The minimum absolute atomic E-state index is 0. The van der Waals surface area contributed by atoms with Crippen LogP contribution in [0.1, 0.15) is 29.3 Å². The lowest BCUT2D eigenvalue weighted by atomic mass is 9.90. The molecule has 1 aliphatic rings. The number of nitrogens with two attached hydrogens (primary N) is 1. The number of halogens is 1. The molecule has 1 fully saturated rings. The molecule has 0 aromatic heterocycles. The van der Waals surface area contributed by atoms with E-state index in [4.69, 9.17) is 10.5 Å². The van der Waals surface area contributed by atoms with E-state index in [0.29, 0.717) is 13.2 Å². The second-order valence-electron chi connectivity index (χ2n) is 5.62. The van der Waals surface area contributed by atoms with Crippen LogP contribution in [0.3, 0.4) is 0 Å². The summed E-state index contributed by atoms with van der Waals surface area (Å²) in [5.74, 6) is 0.0927. The van der Waals surface area contributed by atoms with Gasteiger partial charge < -0.3 is 15.4 Å². The maximum Gasteiger partial charge on any atom is 0.253 e. The first-order chi connectivity index (χ1) is 9.08. The fourth-order valence-corrected chi connectivity index (χ4v) is 2.51. The average molecular weight is 299 g/mol. The van der Waals surface area contributed by atoms with Gasteiger partial charge >= 0.3 is 0 Å². The summed E-state index contributed by atoms with van der Waals surface area (Å²) in [7, 11) is 1.65.